The van der Waals surface area contributed by atoms with Gasteiger partial charge < -0.3 is 14.8 Å². The molecule has 3 rings (SSSR count). The molecule has 1 N–H and O–H groups in total. The average Bonchev–Trinajstić information content (AvgIpc) is 2.59. The first-order valence-electron chi connectivity index (χ1n) is 6.88. The number of hydrogen-bond acceptors (Lipinski definition) is 6. The molecule has 0 atom stereocenters. The molecule has 0 unspecified atom stereocenters. The van der Waals surface area contributed by atoms with Crippen LogP contribution in [0.5, 0.6) is 11.5 Å². The Labute approximate surface area is 142 Å². The SMILES string of the molecule is CNc1nc(-c2cncc(Br)c2)c2cc(OC)c(OC)cc2n1. The largest absolute Gasteiger partial charge is 0.493 e. The van der Waals surface area contributed by atoms with Crippen LogP contribution in [-0.4, -0.2) is 36.2 Å². The molecule has 1 aromatic carbocycles. The Bertz CT molecular complexity index is 870. The zero-order valence-corrected chi connectivity index (χ0v) is 14.5. The monoisotopic (exact) mass is 374 g/mol. The third kappa shape index (κ3) is 2.92. The van der Waals surface area contributed by atoms with Gasteiger partial charge in [0, 0.05) is 40.9 Å². The quantitative estimate of drug-likeness (QED) is 0.753. The number of anilines is 1. The molecule has 0 radical (unpaired) electrons. The molecular formula is C16H15BrN4O2. The van der Waals surface area contributed by atoms with E-state index in [-0.39, 0.29) is 0 Å². The van der Waals surface area contributed by atoms with Crippen LogP contribution in [0, 0.1) is 0 Å². The van der Waals surface area contributed by atoms with Crippen molar-refractivity contribution in [3.63, 3.8) is 0 Å². The van der Waals surface area contributed by atoms with Crippen LogP contribution in [0.4, 0.5) is 5.95 Å². The van der Waals surface area contributed by atoms with Crippen molar-refractivity contribution in [2.75, 3.05) is 26.6 Å². The molecule has 0 saturated heterocycles. The Morgan fingerprint density at radius 1 is 1.00 bits per heavy atom. The lowest BCUT2D eigenvalue weighted by Gasteiger charge is -2.12. The van der Waals surface area contributed by atoms with Gasteiger partial charge >= 0.3 is 0 Å². The number of aromatic nitrogens is 3. The third-order valence-electron chi connectivity index (χ3n) is 3.40. The minimum atomic E-state index is 0.527. The van der Waals surface area contributed by atoms with Crippen molar-refractivity contribution in [2.45, 2.75) is 0 Å². The van der Waals surface area contributed by atoms with Crippen LogP contribution < -0.4 is 14.8 Å². The van der Waals surface area contributed by atoms with Crippen LogP contribution >= 0.6 is 15.9 Å². The predicted octanol–water partition coefficient (Wildman–Crippen LogP) is 3.51. The summed E-state index contributed by atoms with van der Waals surface area (Å²) in [7, 11) is 4.99. The van der Waals surface area contributed by atoms with Gasteiger partial charge in [-0.1, -0.05) is 0 Å². The molecule has 0 aliphatic heterocycles. The van der Waals surface area contributed by atoms with Crippen molar-refractivity contribution in [3.8, 4) is 22.8 Å². The number of hydrogen-bond donors (Lipinski definition) is 1. The molecule has 2 heterocycles. The van der Waals surface area contributed by atoms with E-state index in [0.29, 0.717) is 17.4 Å². The van der Waals surface area contributed by atoms with E-state index in [0.717, 1.165) is 26.6 Å². The highest BCUT2D eigenvalue weighted by molar-refractivity contribution is 9.10. The summed E-state index contributed by atoms with van der Waals surface area (Å²) in [4.78, 5) is 13.3. The molecule has 0 amide bonds. The van der Waals surface area contributed by atoms with Crippen LogP contribution in [0.1, 0.15) is 0 Å². The van der Waals surface area contributed by atoms with Crippen LogP contribution in [0.15, 0.2) is 35.1 Å². The van der Waals surface area contributed by atoms with E-state index in [1.807, 2.05) is 18.2 Å². The fraction of sp³-hybridized carbons (Fsp3) is 0.188. The second kappa shape index (κ2) is 6.37. The number of rotatable bonds is 4. The summed E-state index contributed by atoms with van der Waals surface area (Å²) >= 11 is 3.44. The lowest BCUT2D eigenvalue weighted by atomic mass is 10.1. The number of benzene rings is 1. The van der Waals surface area contributed by atoms with Gasteiger partial charge in [0.2, 0.25) is 5.95 Å². The van der Waals surface area contributed by atoms with Crippen molar-refractivity contribution < 1.29 is 9.47 Å². The van der Waals surface area contributed by atoms with E-state index in [1.165, 1.54) is 0 Å². The molecule has 6 nitrogen and oxygen atoms in total. The van der Waals surface area contributed by atoms with Crippen molar-refractivity contribution in [1.29, 1.82) is 0 Å². The van der Waals surface area contributed by atoms with Gasteiger partial charge in [0.25, 0.3) is 0 Å². The second-order valence-electron chi connectivity index (χ2n) is 4.76. The molecule has 118 valence electrons. The highest BCUT2D eigenvalue weighted by Crippen LogP contribution is 2.36. The Balaban J connectivity index is 2.34. The summed E-state index contributed by atoms with van der Waals surface area (Å²) in [6.07, 6.45) is 3.50. The Kier molecular flexibility index (Phi) is 4.29. The fourth-order valence-electron chi connectivity index (χ4n) is 2.33. The zero-order valence-electron chi connectivity index (χ0n) is 12.9. The third-order valence-corrected chi connectivity index (χ3v) is 3.84. The Morgan fingerprint density at radius 2 is 1.74 bits per heavy atom. The average molecular weight is 375 g/mol. The summed E-state index contributed by atoms with van der Waals surface area (Å²) in [5.41, 5.74) is 2.42. The summed E-state index contributed by atoms with van der Waals surface area (Å²) in [6.45, 7) is 0. The van der Waals surface area contributed by atoms with Gasteiger partial charge in [0.05, 0.1) is 25.4 Å². The molecule has 0 saturated carbocycles. The van der Waals surface area contributed by atoms with Gasteiger partial charge in [0.1, 0.15) is 0 Å². The fourth-order valence-corrected chi connectivity index (χ4v) is 2.69. The van der Waals surface area contributed by atoms with E-state index >= 15 is 0 Å². The number of nitrogens with one attached hydrogen (secondary N) is 1. The van der Waals surface area contributed by atoms with Crippen molar-refractivity contribution in [1.82, 2.24) is 15.0 Å². The summed E-state index contributed by atoms with van der Waals surface area (Å²) in [5.74, 6) is 1.78. The van der Waals surface area contributed by atoms with Crippen LogP contribution in [0.3, 0.4) is 0 Å². The molecule has 0 fully saturated rings. The number of halogens is 1. The predicted molar refractivity (Wildman–Crippen MR) is 93.1 cm³/mol. The van der Waals surface area contributed by atoms with Crippen molar-refractivity contribution >= 4 is 32.8 Å². The molecule has 23 heavy (non-hydrogen) atoms. The molecule has 0 aliphatic rings. The van der Waals surface area contributed by atoms with E-state index in [4.69, 9.17) is 9.47 Å². The van der Waals surface area contributed by atoms with E-state index < -0.39 is 0 Å². The molecule has 2 aromatic heterocycles. The first-order valence-corrected chi connectivity index (χ1v) is 7.68. The smallest absolute Gasteiger partial charge is 0.223 e. The van der Waals surface area contributed by atoms with Crippen LogP contribution in [-0.2, 0) is 0 Å². The lowest BCUT2D eigenvalue weighted by Crippen LogP contribution is -2.00. The zero-order chi connectivity index (χ0) is 16.4. The summed E-state index contributed by atoms with van der Waals surface area (Å²) in [6, 6.07) is 5.68. The number of pyridine rings is 1. The normalized spacial score (nSPS) is 10.6. The molecule has 7 heteroatoms. The van der Waals surface area contributed by atoms with Crippen molar-refractivity contribution in [2.24, 2.45) is 0 Å². The second-order valence-corrected chi connectivity index (χ2v) is 5.68. The van der Waals surface area contributed by atoms with E-state index in [9.17, 15) is 0 Å². The number of nitrogens with zero attached hydrogens (tertiary/aromatic N) is 3. The first-order chi connectivity index (χ1) is 11.2. The van der Waals surface area contributed by atoms with Gasteiger partial charge in [-0.05, 0) is 28.1 Å². The maximum absolute atomic E-state index is 5.39. The van der Waals surface area contributed by atoms with Crippen molar-refractivity contribution in [3.05, 3.63) is 35.1 Å². The Morgan fingerprint density at radius 3 is 2.39 bits per heavy atom. The molecule has 0 aliphatic carbocycles. The Hall–Kier alpha value is -2.41. The molecular weight excluding hydrogens is 360 g/mol. The van der Waals surface area contributed by atoms with Gasteiger partial charge in [-0.2, -0.15) is 0 Å². The number of fused-ring (bicyclic) bond motifs is 1. The number of methoxy groups -OCH3 is 2. The maximum atomic E-state index is 5.39. The highest BCUT2D eigenvalue weighted by Gasteiger charge is 2.14. The minimum Gasteiger partial charge on any atom is -0.493 e. The maximum Gasteiger partial charge on any atom is 0.223 e. The number of ether oxygens (including phenoxy) is 2. The minimum absolute atomic E-state index is 0.527. The molecule has 0 spiro atoms. The first kappa shape index (κ1) is 15.5. The lowest BCUT2D eigenvalue weighted by molar-refractivity contribution is 0.356. The molecule has 3 aromatic rings. The van der Waals surface area contributed by atoms with E-state index in [2.05, 4.69) is 36.2 Å². The van der Waals surface area contributed by atoms with Crippen LogP contribution in [0.2, 0.25) is 0 Å². The van der Waals surface area contributed by atoms with Gasteiger partial charge in [0.15, 0.2) is 11.5 Å². The topological polar surface area (TPSA) is 69.2 Å². The highest BCUT2D eigenvalue weighted by atomic mass is 79.9. The van der Waals surface area contributed by atoms with Gasteiger partial charge in [-0.15, -0.1) is 0 Å². The summed E-state index contributed by atoms with van der Waals surface area (Å²) < 4.78 is 11.6. The van der Waals surface area contributed by atoms with Crippen LogP contribution in [0.25, 0.3) is 22.2 Å². The standard InChI is InChI=1S/C16H15BrN4O2/c1-18-16-20-12-6-14(23-3)13(22-2)5-11(12)15(21-16)9-4-10(17)8-19-7-9/h4-8H,1-3H3,(H,18,20,21). The van der Waals surface area contributed by atoms with E-state index in [1.54, 1.807) is 33.7 Å². The van der Waals surface area contributed by atoms with Gasteiger partial charge in [-0.3, -0.25) is 4.98 Å². The summed E-state index contributed by atoms with van der Waals surface area (Å²) in [5, 5.41) is 3.85. The molecule has 0 bridgehead atoms. The van der Waals surface area contributed by atoms with Gasteiger partial charge in [-0.25, -0.2) is 9.97 Å².